The van der Waals surface area contributed by atoms with Gasteiger partial charge in [0.2, 0.25) is 0 Å². The summed E-state index contributed by atoms with van der Waals surface area (Å²) in [6.45, 7) is 0. The number of rotatable bonds is 2. The van der Waals surface area contributed by atoms with Gasteiger partial charge in [-0.2, -0.15) is 0 Å². The highest BCUT2D eigenvalue weighted by molar-refractivity contribution is 5.20. The Balaban J connectivity index is 2.13. The lowest BCUT2D eigenvalue weighted by Crippen LogP contribution is -2.07. The molecule has 0 aromatic heterocycles. The molecule has 0 spiro atoms. The zero-order valence-electron chi connectivity index (χ0n) is 7.56. The highest BCUT2D eigenvalue weighted by Gasteiger charge is 2.19. The van der Waals surface area contributed by atoms with Gasteiger partial charge < -0.3 is 5.11 Å². The summed E-state index contributed by atoms with van der Waals surface area (Å²) >= 11 is 0. The third-order valence-corrected chi connectivity index (χ3v) is 2.60. The summed E-state index contributed by atoms with van der Waals surface area (Å²) in [5.74, 6) is 0.322. The van der Waals surface area contributed by atoms with Gasteiger partial charge in [-0.1, -0.05) is 42.5 Å². The highest BCUT2D eigenvalue weighted by atomic mass is 16.3. The number of aliphatic hydroxyl groups is 1. The van der Waals surface area contributed by atoms with Gasteiger partial charge in [-0.3, -0.25) is 0 Å². The van der Waals surface area contributed by atoms with E-state index in [2.05, 4.69) is 12.2 Å². The minimum Gasteiger partial charge on any atom is -0.388 e. The number of aliphatic hydroxyl groups excluding tert-OH is 1. The highest BCUT2D eigenvalue weighted by Crippen LogP contribution is 2.30. The second kappa shape index (κ2) is 3.75. The summed E-state index contributed by atoms with van der Waals surface area (Å²) < 4.78 is 0. The summed E-state index contributed by atoms with van der Waals surface area (Å²) in [6.07, 6.45) is 6.14. The fourth-order valence-electron chi connectivity index (χ4n) is 1.82. The van der Waals surface area contributed by atoms with Crippen LogP contribution in [0.1, 0.15) is 24.5 Å². The van der Waals surface area contributed by atoms with E-state index in [0.717, 1.165) is 18.4 Å². The molecule has 0 unspecified atom stereocenters. The van der Waals surface area contributed by atoms with Crippen LogP contribution in [0.15, 0.2) is 42.5 Å². The lowest BCUT2D eigenvalue weighted by Gasteiger charge is -2.16. The van der Waals surface area contributed by atoms with Crippen LogP contribution in [0.4, 0.5) is 0 Å². The third kappa shape index (κ3) is 1.81. The van der Waals surface area contributed by atoms with Crippen molar-refractivity contribution in [2.45, 2.75) is 18.9 Å². The van der Waals surface area contributed by atoms with E-state index in [4.69, 9.17) is 0 Å². The van der Waals surface area contributed by atoms with Crippen molar-refractivity contribution in [2.75, 3.05) is 0 Å². The second-order valence-electron chi connectivity index (χ2n) is 3.52. The van der Waals surface area contributed by atoms with Crippen LogP contribution >= 0.6 is 0 Å². The second-order valence-corrected chi connectivity index (χ2v) is 3.52. The van der Waals surface area contributed by atoms with E-state index < -0.39 is 0 Å². The lowest BCUT2D eigenvalue weighted by atomic mass is 9.95. The zero-order valence-corrected chi connectivity index (χ0v) is 7.56. The first-order valence-corrected chi connectivity index (χ1v) is 4.77. The van der Waals surface area contributed by atoms with Gasteiger partial charge in [0.25, 0.3) is 0 Å². The molecular formula is C12H14O. The average Bonchev–Trinajstić information content (AvgIpc) is 2.71. The molecule has 1 aliphatic rings. The molecule has 1 nitrogen and oxygen atoms in total. The van der Waals surface area contributed by atoms with Crippen LogP contribution in [0.2, 0.25) is 0 Å². The van der Waals surface area contributed by atoms with Crippen molar-refractivity contribution in [3.63, 3.8) is 0 Å². The van der Waals surface area contributed by atoms with Crippen molar-refractivity contribution < 1.29 is 5.11 Å². The van der Waals surface area contributed by atoms with Crippen molar-refractivity contribution in [1.29, 1.82) is 0 Å². The number of benzene rings is 1. The van der Waals surface area contributed by atoms with Crippen molar-refractivity contribution in [2.24, 2.45) is 5.92 Å². The van der Waals surface area contributed by atoms with E-state index in [0.29, 0.717) is 5.92 Å². The van der Waals surface area contributed by atoms with E-state index in [1.165, 1.54) is 0 Å². The molecule has 1 aromatic rings. The Hall–Kier alpha value is -1.08. The van der Waals surface area contributed by atoms with Gasteiger partial charge >= 0.3 is 0 Å². The molecule has 0 heterocycles. The number of allylic oxidation sites excluding steroid dienone is 1. The van der Waals surface area contributed by atoms with E-state index in [9.17, 15) is 5.11 Å². The standard InChI is InChI=1S/C12H14O/c13-12(11-8-4-5-9-11)10-6-2-1-3-7-10/h1-4,6-8,11-13H,5,9H2/t11-,12-/m0/s1. The molecule has 2 atom stereocenters. The molecule has 1 aliphatic carbocycles. The maximum absolute atomic E-state index is 9.97. The van der Waals surface area contributed by atoms with Gasteiger partial charge in [-0.15, -0.1) is 0 Å². The molecule has 68 valence electrons. The summed E-state index contributed by atoms with van der Waals surface area (Å²) in [5.41, 5.74) is 1.03. The Morgan fingerprint density at radius 2 is 2.00 bits per heavy atom. The summed E-state index contributed by atoms with van der Waals surface area (Å²) in [4.78, 5) is 0. The first kappa shape index (κ1) is 8.52. The maximum Gasteiger partial charge on any atom is 0.0852 e. The molecule has 1 heteroatoms. The SMILES string of the molecule is O[C@@H](c1ccccc1)[C@H]1C=CCC1. The van der Waals surface area contributed by atoms with E-state index >= 15 is 0 Å². The fraction of sp³-hybridized carbons (Fsp3) is 0.333. The van der Waals surface area contributed by atoms with Crippen LogP contribution in [-0.2, 0) is 0 Å². The monoisotopic (exact) mass is 174 g/mol. The molecule has 2 rings (SSSR count). The third-order valence-electron chi connectivity index (χ3n) is 2.60. The normalized spacial score (nSPS) is 23.3. The Bertz CT molecular complexity index is 289. The quantitative estimate of drug-likeness (QED) is 0.683. The smallest absolute Gasteiger partial charge is 0.0852 e. The first-order valence-electron chi connectivity index (χ1n) is 4.77. The average molecular weight is 174 g/mol. The predicted octanol–water partition coefficient (Wildman–Crippen LogP) is 2.69. The fourth-order valence-corrected chi connectivity index (χ4v) is 1.82. The largest absolute Gasteiger partial charge is 0.388 e. The summed E-state index contributed by atoms with van der Waals surface area (Å²) in [6, 6.07) is 9.88. The predicted molar refractivity (Wildman–Crippen MR) is 53.3 cm³/mol. The Labute approximate surface area is 78.7 Å². The van der Waals surface area contributed by atoms with Crippen LogP contribution in [0.3, 0.4) is 0 Å². The number of hydrogen-bond acceptors (Lipinski definition) is 1. The van der Waals surface area contributed by atoms with Crippen LogP contribution < -0.4 is 0 Å². The molecule has 0 aliphatic heterocycles. The molecule has 1 aromatic carbocycles. The van der Waals surface area contributed by atoms with Gasteiger partial charge in [0.15, 0.2) is 0 Å². The van der Waals surface area contributed by atoms with Crippen LogP contribution in [0.5, 0.6) is 0 Å². The molecule has 0 saturated heterocycles. The van der Waals surface area contributed by atoms with Crippen molar-refractivity contribution in [3.8, 4) is 0 Å². The molecule has 0 amide bonds. The first-order chi connectivity index (χ1) is 6.38. The van der Waals surface area contributed by atoms with Gasteiger partial charge in [0.05, 0.1) is 6.10 Å². The van der Waals surface area contributed by atoms with Gasteiger partial charge in [0.1, 0.15) is 0 Å². The Morgan fingerprint density at radius 3 is 2.62 bits per heavy atom. The Morgan fingerprint density at radius 1 is 1.23 bits per heavy atom. The van der Waals surface area contributed by atoms with E-state index in [1.807, 2.05) is 30.3 Å². The minimum absolute atomic E-state index is 0.319. The number of hydrogen-bond donors (Lipinski definition) is 1. The van der Waals surface area contributed by atoms with Gasteiger partial charge in [-0.25, -0.2) is 0 Å². The van der Waals surface area contributed by atoms with E-state index in [1.54, 1.807) is 0 Å². The van der Waals surface area contributed by atoms with Gasteiger partial charge in [0, 0.05) is 5.92 Å². The van der Waals surface area contributed by atoms with Crippen LogP contribution in [-0.4, -0.2) is 5.11 Å². The summed E-state index contributed by atoms with van der Waals surface area (Å²) in [7, 11) is 0. The molecule has 0 fully saturated rings. The van der Waals surface area contributed by atoms with E-state index in [-0.39, 0.29) is 6.10 Å². The molecule has 1 N–H and O–H groups in total. The topological polar surface area (TPSA) is 20.2 Å². The maximum atomic E-state index is 9.97. The Kier molecular flexibility index (Phi) is 2.46. The minimum atomic E-state index is -0.319. The van der Waals surface area contributed by atoms with Crippen molar-refractivity contribution in [1.82, 2.24) is 0 Å². The van der Waals surface area contributed by atoms with Crippen LogP contribution in [0.25, 0.3) is 0 Å². The van der Waals surface area contributed by atoms with Gasteiger partial charge in [-0.05, 0) is 18.4 Å². The molecule has 0 saturated carbocycles. The molecule has 0 bridgehead atoms. The van der Waals surface area contributed by atoms with Crippen molar-refractivity contribution >= 4 is 0 Å². The zero-order chi connectivity index (χ0) is 9.10. The lowest BCUT2D eigenvalue weighted by molar-refractivity contribution is 0.131. The molecular weight excluding hydrogens is 160 g/mol. The summed E-state index contributed by atoms with van der Waals surface area (Å²) in [5, 5.41) is 9.97. The van der Waals surface area contributed by atoms with Crippen LogP contribution in [0, 0.1) is 5.92 Å². The molecule has 13 heavy (non-hydrogen) atoms. The molecule has 0 radical (unpaired) electrons. The van der Waals surface area contributed by atoms with Crippen molar-refractivity contribution in [3.05, 3.63) is 48.0 Å².